The van der Waals surface area contributed by atoms with Gasteiger partial charge in [0.2, 0.25) is 0 Å². The van der Waals surface area contributed by atoms with E-state index in [1.807, 2.05) is 19.2 Å². The van der Waals surface area contributed by atoms with Crippen molar-refractivity contribution in [2.75, 3.05) is 21.3 Å². The average molecular weight is 362 g/mol. The van der Waals surface area contributed by atoms with Crippen LogP contribution in [-0.4, -0.2) is 38.2 Å². The number of nitrogens with one attached hydrogen (secondary N) is 2. The molecule has 0 fully saturated rings. The SMILES string of the molecule is CN=C(NCc1ccc(OC)c(C(=O)OC)c1)NCc1ncc(C)s1. The van der Waals surface area contributed by atoms with Gasteiger partial charge in [-0.1, -0.05) is 6.07 Å². The molecule has 1 heterocycles. The quantitative estimate of drug-likeness (QED) is 0.465. The summed E-state index contributed by atoms with van der Waals surface area (Å²) < 4.78 is 9.99. The fourth-order valence-corrected chi connectivity index (χ4v) is 2.91. The molecule has 0 radical (unpaired) electrons. The van der Waals surface area contributed by atoms with Crippen molar-refractivity contribution in [1.82, 2.24) is 15.6 Å². The Hall–Kier alpha value is -2.61. The van der Waals surface area contributed by atoms with Gasteiger partial charge in [-0.2, -0.15) is 0 Å². The molecule has 7 nitrogen and oxygen atoms in total. The highest BCUT2D eigenvalue weighted by Crippen LogP contribution is 2.20. The van der Waals surface area contributed by atoms with Gasteiger partial charge in [-0.3, -0.25) is 4.99 Å². The van der Waals surface area contributed by atoms with Crippen molar-refractivity contribution in [2.45, 2.75) is 20.0 Å². The van der Waals surface area contributed by atoms with Crippen molar-refractivity contribution in [1.29, 1.82) is 0 Å². The lowest BCUT2D eigenvalue weighted by atomic mass is 10.1. The van der Waals surface area contributed by atoms with Crippen molar-refractivity contribution in [3.63, 3.8) is 0 Å². The highest BCUT2D eigenvalue weighted by Gasteiger charge is 2.13. The van der Waals surface area contributed by atoms with Gasteiger partial charge in [-0.05, 0) is 24.6 Å². The first-order chi connectivity index (χ1) is 12.1. The molecular weight excluding hydrogens is 340 g/mol. The fraction of sp³-hybridized carbons (Fsp3) is 0.353. The number of esters is 1. The summed E-state index contributed by atoms with van der Waals surface area (Å²) in [5.41, 5.74) is 1.31. The molecule has 0 bridgehead atoms. The lowest BCUT2D eigenvalue weighted by molar-refractivity contribution is 0.0597. The third-order valence-electron chi connectivity index (χ3n) is 3.43. The van der Waals surface area contributed by atoms with Crippen molar-refractivity contribution in [3.05, 3.63) is 45.4 Å². The molecule has 8 heteroatoms. The number of hydrogen-bond acceptors (Lipinski definition) is 6. The zero-order chi connectivity index (χ0) is 18.2. The van der Waals surface area contributed by atoms with E-state index in [1.165, 1.54) is 19.1 Å². The van der Waals surface area contributed by atoms with Crippen molar-refractivity contribution < 1.29 is 14.3 Å². The second-order valence-corrected chi connectivity index (χ2v) is 6.49. The normalized spacial score (nSPS) is 11.1. The van der Waals surface area contributed by atoms with Gasteiger partial charge < -0.3 is 20.1 Å². The van der Waals surface area contributed by atoms with E-state index in [9.17, 15) is 4.79 Å². The first kappa shape index (κ1) is 18.7. The van der Waals surface area contributed by atoms with Gasteiger partial charge in [0.15, 0.2) is 5.96 Å². The van der Waals surface area contributed by atoms with Crippen LogP contribution in [0.5, 0.6) is 5.75 Å². The van der Waals surface area contributed by atoms with Crippen LogP contribution in [-0.2, 0) is 17.8 Å². The molecule has 134 valence electrons. The zero-order valence-corrected chi connectivity index (χ0v) is 15.6. The number of guanidine groups is 1. The van der Waals surface area contributed by atoms with Gasteiger partial charge in [0.1, 0.15) is 16.3 Å². The molecule has 0 saturated heterocycles. The molecule has 0 amide bonds. The minimum absolute atomic E-state index is 0.394. The minimum atomic E-state index is -0.430. The summed E-state index contributed by atoms with van der Waals surface area (Å²) in [6, 6.07) is 5.38. The molecule has 0 atom stereocenters. The van der Waals surface area contributed by atoms with Crippen LogP contribution in [0.3, 0.4) is 0 Å². The Kier molecular flexibility index (Phi) is 6.76. The topological polar surface area (TPSA) is 84.8 Å². The number of aromatic nitrogens is 1. The lowest BCUT2D eigenvalue weighted by Crippen LogP contribution is -2.36. The number of thiazole rings is 1. The maximum atomic E-state index is 11.8. The predicted molar refractivity (Wildman–Crippen MR) is 98.2 cm³/mol. The molecule has 0 unspecified atom stereocenters. The summed E-state index contributed by atoms with van der Waals surface area (Å²) in [4.78, 5) is 21.5. The number of carbonyl (C=O) groups excluding carboxylic acids is 1. The summed E-state index contributed by atoms with van der Waals surface area (Å²) in [5.74, 6) is 0.709. The number of aliphatic imine (C=N–C) groups is 1. The molecule has 1 aromatic carbocycles. The van der Waals surface area contributed by atoms with E-state index >= 15 is 0 Å². The number of methoxy groups -OCH3 is 2. The Morgan fingerprint density at radius 3 is 2.64 bits per heavy atom. The standard InChI is InChI=1S/C17H22N4O3S/c1-11-8-19-15(25-11)10-21-17(18-2)20-9-12-5-6-14(23-3)13(7-12)16(22)24-4/h5-8H,9-10H2,1-4H3,(H2,18,20,21). The molecule has 0 aliphatic heterocycles. The van der Waals surface area contributed by atoms with Crippen molar-refractivity contribution in [2.24, 2.45) is 4.99 Å². The van der Waals surface area contributed by atoms with E-state index in [1.54, 1.807) is 30.5 Å². The van der Waals surface area contributed by atoms with Gasteiger partial charge >= 0.3 is 5.97 Å². The minimum Gasteiger partial charge on any atom is -0.496 e. The number of benzene rings is 1. The Bertz CT molecular complexity index is 758. The van der Waals surface area contributed by atoms with Gasteiger partial charge in [0.25, 0.3) is 0 Å². The largest absolute Gasteiger partial charge is 0.496 e. The van der Waals surface area contributed by atoms with Crippen LogP contribution < -0.4 is 15.4 Å². The summed E-state index contributed by atoms with van der Waals surface area (Å²) in [7, 11) is 4.57. The van der Waals surface area contributed by atoms with Crippen LogP contribution >= 0.6 is 11.3 Å². The highest BCUT2D eigenvalue weighted by atomic mass is 32.1. The van der Waals surface area contributed by atoms with E-state index in [4.69, 9.17) is 9.47 Å². The molecule has 0 saturated carbocycles. The van der Waals surface area contributed by atoms with E-state index in [-0.39, 0.29) is 0 Å². The van der Waals surface area contributed by atoms with E-state index in [0.29, 0.717) is 30.4 Å². The number of rotatable bonds is 6. The molecule has 0 aliphatic carbocycles. The number of carbonyl (C=O) groups is 1. The summed E-state index contributed by atoms with van der Waals surface area (Å²) in [6.07, 6.45) is 1.85. The molecule has 0 spiro atoms. The maximum absolute atomic E-state index is 11.8. The molecule has 1 aromatic heterocycles. The Labute approximate surface area is 151 Å². The second-order valence-electron chi connectivity index (χ2n) is 5.17. The van der Waals surface area contributed by atoms with Crippen molar-refractivity contribution in [3.8, 4) is 5.75 Å². The first-order valence-electron chi connectivity index (χ1n) is 7.68. The summed E-state index contributed by atoms with van der Waals surface area (Å²) in [5, 5.41) is 7.42. The first-order valence-corrected chi connectivity index (χ1v) is 8.50. The number of hydrogen-bond donors (Lipinski definition) is 2. The van der Waals surface area contributed by atoms with Crippen LogP contribution in [0.15, 0.2) is 29.4 Å². The van der Waals surface area contributed by atoms with Crippen LogP contribution in [0.1, 0.15) is 25.8 Å². The molecule has 25 heavy (non-hydrogen) atoms. The molecule has 2 N–H and O–H groups in total. The maximum Gasteiger partial charge on any atom is 0.341 e. The Balaban J connectivity index is 1.97. The smallest absolute Gasteiger partial charge is 0.341 e. The zero-order valence-electron chi connectivity index (χ0n) is 14.8. The number of nitrogens with zero attached hydrogens (tertiary/aromatic N) is 2. The molecule has 2 aromatic rings. The second kappa shape index (κ2) is 9.03. The van der Waals surface area contributed by atoms with Gasteiger partial charge in [0, 0.05) is 24.7 Å². The number of ether oxygens (including phenoxy) is 2. The Morgan fingerprint density at radius 1 is 1.28 bits per heavy atom. The third kappa shape index (κ3) is 5.18. The monoisotopic (exact) mass is 362 g/mol. The molecule has 0 aliphatic rings. The van der Waals surface area contributed by atoms with Crippen LogP contribution in [0.25, 0.3) is 0 Å². The number of aryl methyl sites for hydroxylation is 1. The Morgan fingerprint density at radius 2 is 2.04 bits per heavy atom. The van der Waals surface area contributed by atoms with Crippen molar-refractivity contribution >= 4 is 23.3 Å². The van der Waals surface area contributed by atoms with Crippen LogP contribution in [0.4, 0.5) is 0 Å². The van der Waals surface area contributed by atoms with Crippen LogP contribution in [0, 0.1) is 6.92 Å². The fourth-order valence-electron chi connectivity index (χ4n) is 2.18. The lowest BCUT2D eigenvalue weighted by Gasteiger charge is -2.13. The van der Waals surface area contributed by atoms with E-state index in [2.05, 4.69) is 20.6 Å². The molecular formula is C17H22N4O3S. The van der Waals surface area contributed by atoms with E-state index in [0.717, 1.165) is 10.6 Å². The van der Waals surface area contributed by atoms with E-state index < -0.39 is 5.97 Å². The predicted octanol–water partition coefficient (Wildman–Crippen LogP) is 2.11. The van der Waals surface area contributed by atoms with Gasteiger partial charge in [0.05, 0.1) is 20.8 Å². The molecule has 2 rings (SSSR count). The van der Waals surface area contributed by atoms with Gasteiger partial charge in [-0.25, -0.2) is 9.78 Å². The third-order valence-corrected chi connectivity index (χ3v) is 4.34. The van der Waals surface area contributed by atoms with Crippen LogP contribution in [0.2, 0.25) is 0 Å². The summed E-state index contributed by atoms with van der Waals surface area (Å²) >= 11 is 1.64. The van der Waals surface area contributed by atoms with Gasteiger partial charge in [-0.15, -0.1) is 11.3 Å². The average Bonchev–Trinajstić information content (AvgIpc) is 3.06. The highest BCUT2D eigenvalue weighted by molar-refractivity contribution is 7.11. The summed E-state index contributed by atoms with van der Waals surface area (Å²) in [6.45, 7) is 3.13.